The summed E-state index contributed by atoms with van der Waals surface area (Å²) in [5.41, 5.74) is 10.3. The molecule has 2 rings (SSSR count). The normalized spacial score (nSPS) is 11.5. The summed E-state index contributed by atoms with van der Waals surface area (Å²) in [6, 6.07) is 12.2. The van der Waals surface area contributed by atoms with E-state index in [1.807, 2.05) is 24.3 Å². The first-order valence-corrected chi connectivity index (χ1v) is 7.85. The van der Waals surface area contributed by atoms with Crippen molar-refractivity contribution in [2.75, 3.05) is 5.73 Å². The number of hydrogen-bond acceptors (Lipinski definition) is 2. The molecule has 0 unspecified atom stereocenters. The SMILES string of the molecule is Cc1cc(C(C)(C)C)ccc1OCc1c(N)cccc1Br. The third kappa shape index (κ3) is 3.79. The lowest BCUT2D eigenvalue weighted by molar-refractivity contribution is 0.304. The van der Waals surface area contributed by atoms with E-state index in [2.05, 4.69) is 55.8 Å². The van der Waals surface area contributed by atoms with Crippen LogP contribution in [0.15, 0.2) is 40.9 Å². The third-order valence-electron chi connectivity index (χ3n) is 3.57. The molecule has 0 saturated carbocycles. The molecule has 21 heavy (non-hydrogen) atoms. The molecule has 3 heteroatoms. The fraction of sp³-hybridized carbons (Fsp3) is 0.333. The van der Waals surface area contributed by atoms with E-state index in [1.165, 1.54) is 5.56 Å². The van der Waals surface area contributed by atoms with Gasteiger partial charge in [0.1, 0.15) is 12.4 Å². The third-order valence-corrected chi connectivity index (χ3v) is 4.31. The van der Waals surface area contributed by atoms with E-state index < -0.39 is 0 Å². The Balaban J connectivity index is 2.18. The molecule has 0 radical (unpaired) electrons. The number of anilines is 1. The molecule has 0 atom stereocenters. The minimum Gasteiger partial charge on any atom is -0.489 e. The molecule has 2 aromatic carbocycles. The summed E-state index contributed by atoms with van der Waals surface area (Å²) >= 11 is 3.52. The zero-order valence-corrected chi connectivity index (χ0v) is 14.6. The van der Waals surface area contributed by atoms with E-state index in [9.17, 15) is 0 Å². The summed E-state index contributed by atoms with van der Waals surface area (Å²) < 4.78 is 6.92. The van der Waals surface area contributed by atoms with Crippen molar-refractivity contribution in [1.29, 1.82) is 0 Å². The molecule has 0 aliphatic rings. The van der Waals surface area contributed by atoms with Crippen molar-refractivity contribution in [1.82, 2.24) is 0 Å². The van der Waals surface area contributed by atoms with E-state index in [1.54, 1.807) is 0 Å². The summed E-state index contributed by atoms with van der Waals surface area (Å²) in [6.45, 7) is 9.18. The van der Waals surface area contributed by atoms with Crippen molar-refractivity contribution in [3.8, 4) is 5.75 Å². The van der Waals surface area contributed by atoms with Crippen molar-refractivity contribution < 1.29 is 4.74 Å². The Morgan fingerprint density at radius 3 is 2.43 bits per heavy atom. The molecule has 0 spiro atoms. The zero-order valence-electron chi connectivity index (χ0n) is 13.0. The van der Waals surface area contributed by atoms with Crippen molar-refractivity contribution in [2.45, 2.75) is 39.7 Å². The number of benzene rings is 2. The van der Waals surface area contributed by atoms with Gasteiger partial charge in [-0.1, -0.05) is 54.9 Å². The molecule has 2 nitrogen and oxygen atoms in total. The highest BCUT2D eigenvalue weighted by atomic mass is 79.9. The smallest absolute Gasteiger partial charge is 0.122 e. The van der Waals surface area contributed by atoms with Gasteiger partial charge < -0.3 is 10.5 Å². The number of hydrogen-bond donors (Lipinski definition) is 1. The van der Waals surface area contributed by atoms with E-state index >= 15 is 0 Å². The predicted molar refractivity (Wildman–Crippen MR) is 92.8 cm³/mol. The molecule has 0 aliphatic carbocycles. The lowest BCUT2D eigenvalue weighted by Gasteiger charge is -2.21. The summed E-state index contributed by atoms with van der Waals surface area (Å²) in [7, 11) is 0. The molecule has 0 aromatic heterocycles. The molecule has 0 saturated heterocycles. The standard InChI is InChI=1S/C18H22BrNO/c1-12-10-13(18(2,3)4)8-9-17(12)21-11-14-15(19)6-5-7-16(14)20/h5-10H,11,20H2,1-4H3. The molecule has 2 aromatic rings. The van der Waals surface area contributed by atoms with Crippen LogP contribution in [0.25, 0.3) is 0 Å². The lowest BCUT2D eigenvalue weighted by Crippen LogP contribution is -2.11. The lowest BCUT2D eigenvalue weighted by atomic mass is 9.86. The second kappa shape index (κ2) is 6.10. The molecule has 0 aliphatic heterocycles. The molecular weight excluding hydrogens is 326 g/mol. The van der Waals surface area contributed by atoms with E-state index in [0.717, 1.165) is 27.0 Å². The van der Waals surface area contributed by atoms with Gasteiger partial charge in [0, 0.05) is 15.7 Å². The van der Waals surface area contributed by atoms with Crippen LogP contribution >= 0.6 is 15.9 Å². The van der Waals surface area contributed by atoms with Gasteiger partial charge in [-0.15, -0.1) is 0 Å². The first kappa shape index (κ1) is 15.9. The van der Waals surface area contributed by atoms with Crippen LogP contribution in [0, 0.1) is 6.92 Å². The first-order valence-electron chi connectivity index (χ1n) is 7.06. The molecule has 0 fully saturated rings. The summed E-state index contributed by atoms with van der Waals surface area (Å²) in [4.78, 5) is 0. The van der Waals surface area contributed by atoms with Crippen LogP contribution in [0.2, 0.25) is 0 Å². The maximum absolute atomic E-state index is 5.99. The Bertz CT molecular complexity index is 624. The van der Waals surface area contributed by atoms with Crippen molar-refractivity contribution in [3.63, 3.8) is 0 Å². The van der Waals surface area contributed by atoms with Gasteiger partial charge in [0.05, 0.1) is 0 Å². The molecule has 112 valence electrons. The van der Waals surface area contributed by atoms with Crippen LogP contribution in [0.4, 0.5) is 5.69 Å². The Morgan fingerprint density at radius 1 is 1.14 bits per heavy atom. The molecule has 0 heterocycles. The summed E-state index contributed by atoms with van der Waals surface area (Å²) in [5.74, 6) is 0.901. The number of nitrogens with two attached hydrogens (primary N) is 1. The van der Waals surface area contributed by atoms with E-state index in [-0.39, 0.29) is 5.41 Å². The van der Waals surface area contributed by atoms with Crippen LogP contribution in [0.3, 0.4) is 0 Å². The maximum Gasteiger partial charge on any atom is 0.122 e. The van der Waals surface area contributed by atoms with Crippen LogP contribution in [0.5, 0.6) is 5.75 Å². The van der Waals surface area contributed by atoms with Crippen LogP contribution in [0.1, 0.15) is 37.5 Å². The highest BCUT2D eigenvalue weighted by Crippen LogP contribution is 2.29. The molecule has 0 bridgehead atoms. The van der Waals surface area contributed by atoms with Gasteiger partial charge in [-0.3, -0.25) is 0 Å². The highest BCUT2D eigenvalue weighted by Gasteiger charge is 2.15. The minimum atomic E-state index is 0.149. The van der Waals surface area contributed by atoms with Gasteiger partial charge in [0.15, 0.2) is 0 Å². The Hall–Kier alpha value is -1.48. The second-order valence-electron chi connectivity index (χ2n) is 6.33. The van der Waals surface area contributed by atoms with Crippen molar-refractivity contribution in [3.05, 3.63) is 57.6 Å². The average Bonchev–Trinajstić information content (AvgIpc) is 2.38. The van der Waals surface area contributed by atoms with Gasteiger partial charge in [0.25, 0.3) is 0 Å². The fourth-order valence-electron chi connectivity index (χ4n) is 2.16. The van der Waals surface area contributed by atoms with Crippen molar-refractivity contribution in [2.24, 2.45) is 0 Å². The monoisotopic (exact) mass is 347 g/mol. The quantitative estimate of drug-likeness (QED) is 0.772. The molecular formula is C18H22BrNO. The summed E-state index contributed by atoms with van der Waals surface area (Å²) in [5, 5.41) is 0. The van der Waals surface area contributed by atoms with Gasteiger partial charge in [0.2, 0.25) is 0 Å². The number of aryl methyl sites for hydroxylation is 1. The fourth-order valence-corrected chi connectivity index (χ4v) is 2.65. The molecule has 0 amide bonds. The largest absolute Gasteiger partial charge is 0.489 e. The van der Waals surface area contributed by atoms with E-state index in [4.69, 9.17) is 10.5 Å². The predicted octanol–water partition coefficient (Wildman–Crippen LogP) is 5.22. The summed E-state index contributed by atoms with van der Waals surface area (Å²) in [6.07, 6.45) is 0. The van der Waals surface area contributed by atoms with Crippen molar-refractivity contribution >= 4 is 21.6 Å². The van der Waals surface area contributed by atoms with Crippen LogP contribution < -0.4 is 10.5 Å². The number of rotatable bonds is 3. The maximum atomic E-state index is 5.99. The topological polar surface area (TPSA) is 35.2 Å². The highest BCUT2D eigenvalue weighted by molar-refractivity contribution is 9.10. The van der Waals surface area contributed by atoms with Gasteiger partial charge >= 0.3 is 0 Å². The van der Waals surface area contributed by atoms with E-state index in [0.29, 0.717) is 6.61 Å². The molecule has 2 N–H and O–H groups in total. The minimum absolute atomic E-state index is 0.149. The van der Waals surface area contributed by atoms with Crippen LogP contribution in [-0.2, 0) is 12.0 Å². The van der Waals surface area contributed by atoms with Gasteiger partial charge in [-0.25, -0.2) is 0 Å². The van der Waals surface area contributed by atoms with Crippen LogP contribution in [-0.4, -0.2) is 0 Å². The number of nitrogen functional groups attached to an aromatic ring is 1. The average molecular weight is 348 g/mol. The second-order valence-corrected chi connectivity index (χ2v) is 7.18. The number of halogens is 1. The number of ether oxygens (including phenoxy) is 1. The van der Waals surface area contributed by atoms with Gasteiger partial charge in [-0.2, -0.15) is 0 Å². The Kier molecular flexibility index (Phi) is 4.62. The Labute approximate surface area is 135 Å². The first-order chi connectivity index (χ1) is 9.79. The van der Waals surface area contributed by atoms with Gasteiger partial charge in [-0.05, 0) is 41.7 Å². The zero-order chi connectivity index (χ0) is 15.6. The Morgan fingerprint density at radius 2 is 1.86 bits per heavy atom.